The number of hydrogen-bond donors (Lipinski definition) is 1. The van der Waals surface area contributed by atoms with Crippen molar-refractivity contribution in [3.63, 3.8) is 0 Å². The molecule has 1 atom stereocenters. The molecule has 98 valence electrons. The third-order valence-electron chi connectivity index (χ3n) is 3.20. The Labute approximate surface area is 107 Å². The molecule has 1 N–H and O–H groups in total. The first-order valence-corrected chi connectivity index (χ1v) is 6.26. The number of hydrogen-bond acceptors (Lipinski definition) is 3. The minimum atomic E-state index is -0.475. The van der Waals surface area contributed by atoms with E-state index in [0.29, 0.717) is 6.54 Å². The van der Waals surface area contributed by atoms with Crippen LogP contribution in [0.3, 0.4) is 0 Å². The minimum absolute atomic E-state index is 0.475. The van der Waals surface area contributed by atoms with Crippen molar-refractivity contribution in [1.82, 2.24) is 19.6 Å². The van der Waals surface area contributed by atoms with Crippen LogP contribution >= 0.6 is 0 Å². The second kappa shape index (κ2) is 4.94. The van der Waals surface area contributed by atoms with Gasteiger partial charge >= 0.3 is 0 Å². The maximum absolute atomic E-state index is 9.74. The van der Waals surface area contributed by atoms with Crippen molar-refractivity contribution >= 4 is 0 Å². The molecular weight excluding hydrogens is 228 g/mol. The maximum Gasteiger partial charge on any atom is 0.0797 e. The Morgan fingerprint density at radius 3 is 2.61 bits per heavy atom. The Hall–Kier alpha value is -1.62. The summed E-state index contributed by atoms with van der Waals surface area (Å²) in [6, 6.07) is 0. The third kappa shape index (κ3) is 2.31. The van der Waals surface area contributed by atoms with E-state index in [1.54, 1.807) is 6.92 Å². The van der Waals surface area contributed by atoms with Crippen LogP contribution in [0.4, 0.5) is 0 Å². The summed E-state index contributed by atoms with van der Waals surface area (Å²) in [5, 5.41) is 18.5. The highest BCUT2D eigenvalue weighted by Gasteiger charge is 2.15. The van der Waals surface area contributed by atoms with E-state index in [0.717, 1.165) is 29.1 Å². The second-order valence-electron chi connectivity index (χ2n) is 4.62. The van der Waals surface area contributed by atoms with Crippen LogP contribution in [0.15, 0.2) is 12.4 Å². The lowest BCUT2D eigenvalue weighted by atomic mass is 10.1. The van der Waals surface area contributed by atoms with Gasteiger partial charge in [0.15, 0.2) is 0 Å². The second-order valence-corrected chi connectivity index (χ2v) is 4.62. The fraction of sp³-hybridized carbons (Fsp3) is 0.538. The zero-order chi connectivity index (χ0) is 13.3. The molecule has 18 heavy (non-hydrogen) atoms. The van der Waals surface area contributed by atoms with Gasteiger partial charge in [0.1, 0.15) is 0 Å². The lowest BCUT2D eigenvalue weighted by Crippen LogP contribution is -2.04. The molecular formula is C13H20N4O. The number of aromatic nitrogens is 4. The van der Waals surface area contributed by atoms with Crippen LogP contribution < -0.4 is 0 Å². The smallest absolute Gasteiger partial charge is 0.0797 e. The Morgan fingerprint density at radius 1 is 1.39 bits per heavy atom. The molecule has 0 fully saturated rings. The third-order valence-corrected chi connectivity index (χ3v) is 3.20. The molecule has 0 aromatic carbocycles. The fourth-order valence-electron chi connectivity index (χ4n) is 2.30. The predicted octanol–water partition coefficient (Wildman–Crippen LogP) is 1.82. The summed E-state index contributed by atoms with van der Waals surface area (Å²) in [7, 11) is 0. The van der Waals surface area contributed by atoms with Gasteiger partial charge in [-0.3, -0.25) is 9.36 Å². The summed E-state index contributed by atoms with van der Waals surface area (Å²) in [4.78, 5) is 0. The summed E-state index contributed by atoms with van der Waals surface area (Å²) in [6.45, 7) is 9.32. The number of aryl methyl sites for hydroxylation is 2. The monoisotopic (exact) mass is 248 g/mol. The van der Waals surface area contributed by atoms with E-state index in [1.807, 2.05) is 35.6 Å². The van der Waals surface area contributed by atoms with Crippen molar-refractivity contribution in [2.75, 3.05) is 0 Å². The van der Waals surface area contributed by atoms with Gasteiger partial charge in [0.05, 0.1) is 24.5 Å². The highest BCUT2D eigenvalue weighted by atomic mass is 16.3. The summed E-state index contributed by atoms with van der Waals surface area (Å²) >= 11 is 0. The minimum Gasteiger partial charge on any atom is -0.389 e. The Bertz CT molecular complexity index is 539. The molecule has 2 aromatic rings. The van der Waals surface area contributed by atoms with Crippen molar-refractivity contribution in [3.05, 3.63) is 34.9 Å². The first kappa shape index (κ1) is 12.8. The van der Waals surface area contributed by atoms with E-state index < -0.39 is 6.10 Å². The van der Waals surface area contributed by atoms with Gasteiger partial charge < -0.3 is 5.11 Å². The first-order valence-electron chi connectivity index (χ1n) is 6.26. The summed E-state index contributed by atoms with van der Waals surface area (Å²) < 4.78 is 3.82. The van der Waals surface area contributed by atoms with Crippen molar-refractivity contribution in [2.45, 2.75) is 46.9 Å². The van der Waals surface area contributed by atoms with E-state index in [9.17, 15) is 5.11 Å². The fourth-order valence-corrected chi connectivity index (χ4v) is 2.30. The average molecular weight is 248 g/mol. The molecule has 0 radical (unpaired) electrons. The average Bonchev–Trinajstić information content (AvgIpc) is 2.85. The Morgan fingerprint density at radius 2 is 2.11 bits per heavy atom. The van der Waals surface area contributed by atoms with Gasteiger partial charge in [-0.2, -0.15) is 10.2 Å². The van der Waals surface area contributed by atoms with Gasteiger partial charge in [-0.1, -0.05) is 0 Å². The number of nitrogens with zero attached hydrogens (tertiary/aromatic N) is 4. The van der Waals surface area contributed by atoms with Crippen LogP contribution in [0.25, 0.3) is 0 Å². The SMILES string of the molecule is CCn1cc(Cn2nc(C)c(C(C)O)c2C)cn1. The van der Waals surface area contributed by atoms with Crippen molar-refractivity contribution < 1.29 is 5.11 Å². The molecule has 0 saturated carbocycles. The maximum atomic E-state index is 9.74. The van der Waals surface area contributed by atoms with Gasteiger partial charge in [0.25, 0.3) is 0 Å². The van der Waals surface area contributed by atoms with Gasteiger partial charge in [-0.25, -0.2) is 0 Å². The zero-order valence-electron chi connectivity index (χ0n) is 11.4. The molecule has 0 aliphatic rings. The van der Waals surface area contributed by atoms with Gasteiger partial charge in [0, 0.05) is 29.6 Å². The van der Waals surface area contributed by atoms with Crippen LogP contribution in [0.2, 0.25) is 0 Å². The molecule has 1 unspecified atom stereocenters. The molecule has 2 heterocycles. The molecule has 0 aliphatic heterocycles. The summed E-state index contributed by atoms with van der Waals surface area (Å²) in [5.74, 6) is 0. The molecule has 0 aliphatic carbocycles. The van der Waals surface area contributed by atoms with Gasteiger partial charge in [-0.15, -0.1) is 0 Å². The van der Waals surface area contributed by atoms with E-state index in [4.69, 9.17) is 0 Å². The van der Waals surface area contributed by atoms with Crippen molar-refractivity contribution in [1.29, 1.82) is 0 Å². The summed E-state index contributed by atoms with van der Waals surface area (Å²) in [5.41, 5.74) is 3.97. The number of aliphatic hydroxyl groups excluding tert-OH is 1. The van der Waals surface area contributed by atoms with Crippen LogP contribution in [0, 0.1) is 13.8 Å². The highest BCUT2D eigenvalue weighted by Crippen LogP contribution is 2.21. The van der Waals surface area contributed by atoms with Crippen molar-refractivity contribution in [2.24, 2.45) is 0 Å². The van der Waals surface area contributed by atoms with Gasteiger partial charge in [-0.05, 0) is 27.7 Å². The van der Waals surface area contributed by atoms with Crippen LogP contribution in [-0.2, 0) is 13.1 Å². The first-order chi connectivity index (χ1) is 8.52. The normalized spacial score (nSPS) is 12.9. The Balaban J connectivity index is 2.27. The van der Waals surface area contributed by atoms with E-state index >= 15 is 0 Å². The van der Waals surface area contributed by atoms with Crippen molar-refractivity contribution in [3.8, 4) is 0 Å². The number of rotatable bonds is 4. The molecule has 0 saturated heterocycles. The quantitative estimate of drug-likeness (QED) is 0.898. The summed E-state index contributed by atoms with van der Waals surface area (Å²) in [6.07, 6.45) is 3.41. The molecule has 2 aromatic heterocycles. The van der Waals surface area contributed by atoms with E-state index in [1.165, 1.54) is 0 Å². The molecule has 5 nitrogen and oxygen atoms in total. The van der Waals surface area contributed by atoms with E-state index in [2.05, 4.69) is 17.1 Å². The lowest BCUT2D eigenvalue weighted by Gasteiger charge is -2.06. The van der Waals surface area contributed by atoms with Gasteiger partial charge in [0.2, 0.25) is 0 Å². The highest BCUT2D eigenvalue weighted by molar-refractivity contribution is 5.27. The standard InChI is InChI=1S/C13H20N4O/c1-5-16-7-12(6-14-16)8-17-10(3)13(11(4)18)9(2)15-17/h6-7,11,18H,5,8H2,1-4H3. The lowest BCUT2D eigenvalue weighted by molar-refractivity contribution is 0.197. The zero-order valence-corrected chi connectivity index (χ0v) is 11.4. The molecule has 0 bridgehead atoms. The molecule has 0 spiro atoms. The Kier molecular flexibility index (Phi) is 3.52. The van der Waals surface area contributed by atoms with Crippen LogP contribution in [0.5, 0.6) is 0 Å². The van der Waals surface area contributed by atoms with Crippen LogP contribution in [-0.4, -0.2) is 24.7 Å². The van der Waals surface area contributed by atoms with Crippen LogP contribution in [0.1, 0.15) is 42.5 Å². The topological polar surface area (TPSA) is 55.9 Å². The predicted molar refractivity (Wildman–Crippen MR) is 69.3 cm³/mol. The largest absolute Gasteiger partial charge is 0.389 e. The molecule has 0 amide bonds. The molecule has 5 heteroatoms. The van der Waals surface area contributed by atoms with E-state index in [-0.39, 0.29) is 0 Å². The molecule has 2 rings (SSSR count). The number of aliphatic hydroxyl groups is 1.